The van der Waals surface area contributed by atoms with Gasteiger partial charge in [-0.05, 0) is 39.0 Å². The van der Waals surface area contributed by atoms with E-state index in [9.17, 15) is 4.79 Å². The van der Waals surface area contributed by atoms with Crippen molar-refractivity contribution >= 4 is 22.8 Å². The molecule has 1 aliphatic heterocycles. The zero-order valence-corrected chi connectivity index (χ0v) is 15.1. The first kappa shape index (κ1) is 16.4. The number of fused-ring (bicyclic) bond motifs is 3. The molecule has 2 heterocycles. The highest BCUT2D eigenvalue weighted by molar-refractivity contribution is 5.97. The Labute approximate surface area is 152 Å². The SMILES string of the molecule is CCOc1ccccc1[C@@H]1C(C(C)=O)=C(C)Nc2nc3ccccc3n21. The Morgan fingerprint density at radius 3 is 2.69 bits per heavy atom. The average Bonchev–Trinajstić information content (AvgIpc) is 2.99. The molecule has 0 spiro atoms. The Morgan fingerprint density at radius 1 is 1.19 bits per heavy atom. The molecule has 0 saturated heterocycles. The molecule has 1 N–H and O–H groups in total. The number of anilines is 1. The number of allylic oxidation sites excluding steroid dienone is 2. The Morgan fingerprint density at radius 2 is 1.92 bits per heavy atom. The predicted molar refractivity (Wildman–Crippen MR) is 102 cm³/mol. The average molecular weight is 347 g/mol. The molecule has 0 amide bonds. The van der Waals surface area contributed by atoms with Gasteiger partial charge in [-0.25, -0.2) is 4.98 Å². The number of ether oxygens (including phenoxy) is 1. The summed E-state index contributed by atoms with van der Waals surface area (Å²) in [6.45, 7) is 6.07. The second-order valence-electron chi connectivity index (χ2n) is 6.39. The normalized spacial score (nSPS) is 16.3. The van der Waals surface area contributed by atoms with Crippen molar-refractivity contribution in [2.75, 3.05) is 11.9 Å². The third-order valence-corrected chi connectivity index (χ3v) is 4.72. The molecule has 0 radical (unpaired) electrons. The number of benzene rings is 2. The first-order chi connectivity index (χ1) is 12.6. The molecule has 1 aliphatic rings. The number of Topliss-reactive ketones (excluding diaryl/α,β-unsaturated/α-hetero) is 1. The number of hydrogen-bond donors (Lipinski definition) is 1. The van der Waals surface area contributed by atoms with Crippen molar-refractivity contribution in [3.05, 3.63) is 65.4 Å². The summed E-state index contributed by atoms with van der Waals surface area (Å²) in [6, 6.07) is 15.6. The number of rotatable bonds is 4. The van der Waals surface area contributed by atoms with Gasteiger partial charge in [0.05, 0.1) is 23.7 Å². The topological polar surface area (TPSA) is 56.1 Å². The van der Waals surface area contributed by atoms with Crippen molar-refractivity contribution in [2.45, 2.75) is 26.8 Å². The molecule has 3 aromatic rings. The highest BCUT2D eigenvalue weighted by Crippen LogP contribution is 2.42. The fourth-order valence-electron chi connectivity index (χ4n) is 3.71. The van der Waals surface area contributed by atoms with Crippen LogP contribution in [0.2, 0.25) is 0 Å². The van der Waals surface area contributed by atoms with Crippen molar-refractivity contribution in [2.24, 2.45) is 0 Å². The lowest BCUT2D eigenvalue weighted by atomic mass is 9.92. The van der Waals surface area contributed by atoms with Gasteiger partial charge in [-0.3, -0.25) is 9.36 Å². The van der Waals surface area contributed by atoms with E-state index in [1.165, 1.54) is 0 Å². The summed E-state index contributed by atoms with van der Waals surface area (Å²) in [5.74, 6) is 1.57. The lowest BCUT2D eigenvalue weighted by molar-refractivity contribution is -0.114. The molecule has 132 valence electrons. The summed E-state index contributed by atoms with van der Waals surface area (Å²) in [5.41, 5.74) is 4.40. The maximum Gasteiger partial charge on any atom is 0.209 e. The minimum atomic E-state index is -0.279. The Balaban J connectivity index is 2.03. The van der Waals surface area contributed by atoms with Crippen LogP contribution in [-0.4, -0.2) is 21.9 Å². The first-order valence-electron chi connectivity index (χ1n) is 8.79. The van der Waals surface area contributed by atoms with Crippen molar-refractivity contribution in [3.8, 4) is 5.75 Å². The zero-order valence-electron chi connectivity index (χ0n) is 15.1. The van der Waals surface area contributed by atoms with Crippen LogP contribution in [0.1, 0.15) is 32.4 Å². The van der Waals surface area contributed by atoms with Gasteiger partial charge in [0.25, 0.3) is 0 Å². The number of para-hydroxylation sites is 3. The number of nitrogens with zero attached hydrogens (tertiary/aromatic N) is 2. The fourth-order valence-corrected chi connectivity index (χ4v) is 3.71. The minimum Gasteiger partial charge on any atom is -0.494 e. The van der Waals surface area contributed by atoms with Gasteiger partial charge in [-0.1, -0.05) is 30.3 Å². The van der Waals surface area contributed by atoms with Crippen LogP contribution in [0.5, 0.6) is 5.75 Å². The summed E-state index contributed by atoms with van der Waals surface area (Å²) in [7, 11) is 0. The number of carbonyl (C=O) groups excluding carboxylic acids is 1. The van der Waals surface area contributed by atoms with E-state index in [4.69, 9.17) is 9.72 Å². The van der Waals surface area contributed by atoms with Gasteiger partial charge < -0.3 is 10.1 Å². The number of hydrogen-bond acceptors (Lipinski definition) is 4. The standard InChI is InChI=1S/C21H21N3O2/c1-4-26-18-12-8-5-9-15(18)20-19(14(3)25)13(2)22-21-23-16-10-6-7-11-17(16)24(20)21/h5-12,20H,4H2,1-3H3,(H,22,23)/t20-/m1/s1. The summed E-state index contributed by atoms with van der Waals surface area (Å²) in [4.78, 5) is 17.3. The predicted octanol–water partition coefficient (Wildman–Crippen LogP) is 4.31. The van der Waals surface area contributed by atoms with Crippen molar-refractivity contribution in [1.82, 2.24) is 9.55 Å². The smallest absolute Gasteiger partial charge is 0.209 e. The van der Waals surface area contributed by atoms with Gasteiger partial charge in [0, 0.05) is 16.8 Å². The van der Waals surface area contributed by atoms with E-state index in [0.29, 0.717) is 6.61 Å². The summed E-state index contributed by atoms with van der Waals surface area (Å²) in [5, 5.41) is 3.30. The van der Waals surface area contributed by atoms with E-state index in [1.54, 1.807) is 6.92 Å². The molecule has 2 aromatic carbocycles. The molecule has 0 saturated carbocycles. The van der Waals surface area contributed by atoms with Crippen molar-refractivity contribution in [1.29, 1.82) is 0 Å². The summed E-state index contributed by atoms with van der Waals surface area (Å²) >= 11 is 0. The van der Waals surface area contributed by atoms with Crippen LogP contribution in [-0.2, 0) is 4.79 Å². The highest BCUT2D eigenvalue weighted by Gasteiger charge is 2.33. The number of carbonyl (C=O) groups is 1. The molecule has 4 rings (SSSR count). The van der Waals surface area contributed by atoms with E-state index in [2.05, 4.69) is 9.88 Å². The Kier molecular flexibility index (Phi) is 3.99. The monoisotopic (exact) mass is 347 g/mol. The number of ketones is 1. The fraction of sp³-hybridized carbons (Fsp3) is 0.238. The van der Waals surface area contributed by atoms with E-state index >= 15 is 0 Å². The van der Waals surface area contributed by atoms with Gasteiger partial charge >= 0.3 is 0 Å². The van der Waals surface area contributed by atoms with Crippen LogP contribution in [0.15, 0.2) is 59.8 Å². The molecule has 0 aliphatic carbocycles. The molecule has 0 unspecified atom stereocenters. The molecule has 0 fully saturated rings. The maximum atomic E-state index is 12.6. The van der Waals surface area contributed by atoms with Crippen LogP contribution in [0.4, 0.5) is 5.95 Å². The van der Waals surface area contributed by atoms with E-state index in [0.717, 1.165) is 39.6 Å². The summed E-state index contributed by atoms with van der Waals surface area (Å²) < 4.78 is 7.96. The van der Waals surface area contributed by atoms with Crippen LogP contribution < -0.4 is 10.1 Å². The third kappa shape index (κ3) is 2.47. The van der Waals surface area contributed by atoms with Crippen LogP contribution in [0.25, 0.3) is 11.0 Å². The molecule has 0 bridgehead atoms. The van der Waals surface area contributed by atoms with Gasteiger partial charge in [-0.2, -0.15) is 0 Å². The first-order valence-corrected chi connectivity index (χ1v) is 8.79. The zero-order chi connectivity index (χ0) is 18.3. The lowest BCUT2D eigenvalue weighted by Gasteiger charge is -2.31. The molecule has 5 nitrogen and oxygen atoms in total. The van der Waals surface area contributed by atoms with Gasteiger partial charge in [0.15, 0.2) is 5.78 Å². The van der Waals surface area contributed by atoms with Crippen LogP contribution in [0, 0.1) is 0 Å². The van der Waals surface area contributed by atoms with Crippen molar-refractivity contribution < 1.29 is 9.53 Å². The molecule has 1 atom stereocenters. The minimum absolute atomic E-state index is 0.0368. The van der Waals surface area contributed by atoms with Gasteiger partial charge in [-0.15, -0.1) is 0 Å². The molecule has 26 heavy (non-hydrogen) atoms. The van der Waals surface area contributed by atoms with E-state index in [-0.39, 0.29) is 11.8 Å². The number of nitrogens with one attached hydrogen (secondary N) is 1. The van der Waals surface area contributed by atoms with Crippen LogP contribution in [0.3, 0.4) is 0 Å². The molecular formula is C21H21N3O2. The third-order valence-electron chi connectivity index (χ3n) is 4.72. The largest absolute Gasteiger partial charge is 0.494 e. The number of imidazole rings is 1. The Bertz CT molecular complexity index is 1030. The maximum absolute atomic E-state index is 12.6. The second-order valence-corrected chi connectivity index (χ2v) is 6.39. The quantitative estimate of drug-likeness (QED) is 0.764. The van der Waals surface area contributed by atoms with Gasteiger partial charge in [0.2, 0.25) is 5.95 Å². The lowest BCUT2D eigenvalue weighted by Crippen LogP contribution is -2.27. The van der Waals surface area contributed by atoms with E-state index < -0.39 is 0 Å². The molecular weight excluding hydrogens is 326 g/mol. The van der Waals surface area contributed by atoms with Crippen molar-refractivity contribution in [3.63, 3.8) is 0 Å². The Hall–Kier alpha value is -3.08. The molecule has 1 aromatic heterocycles. The van der Waals surface area contributed by atoms with Crippen LogP contribution >= 0.6 is 0 Å². The summed E-state index contributed by atoms with van der Waals surface area (Å²) in [6.07, 6.45) is 0. The highest BCUT2D eigenvalue weighted by atomic mass is 16.5. The van der Waals surface area contributed by atoms with Gasteiger partial charge in [0.1, 0.15) is 5.75 Å². The molecule has 5 heteroatoms. The van der Waals surface area contributed by atoms with E-state index in [1.807, 2.05) is 62.4 Å². The number of aromatic nitrogens is 2. The second kappa shape index (κ2) is 6.33.